The molecule has 1 aromatic rings. The van der Waals surface area contributed by atoms with Crippen molar-refractivity contribution < 1.29 is 24.5 Å². The predicted octanol–water partition coefficient (Wildman–Crippen LogP) is 1.87. The monoisotopic (exact) mass is 293 g/mol. The fourth-order valence-corrected chi connectivity index (χ4v) is 2.60. The first-order chi connectivity index (χ1) is 10.0. The predicted molar refractivity (Wildman–Crippen MR) is 75.6 cm³/mol. The molecule has 2 rings (SSSR count). The maximum Gasteiger partial charge on any atom is 0.326 e. The number of carboxylic acids is 1. The fraction of sp³-hybridized carbons (Fsp3) is 0.467. The van der Waals surface area contributed by atoms with Gasteiger partial charge in [-0.3, -0.25) is 4.79 Å². The van der Waals surface area contributed by atoms with E-state index in [-0.39, 0.29) is 23.0 Å². The van der Waals surface area contributed by atoms with Gasteiger partial charge < -0.3 is 19.8 Å². The third kappa shape index (κ3) is 3.26. The summed E-state index contributed by atoms with van der Waals surface area (Å²) < 4.78 is 4.94. The van der Waals surface area contributed by atoms with E-state index < -0.39 is 12.0 Å². The van der Waals surface area contributed by atoms with Crippen LogP contribution in [0.3, 0.4) is 0 Å². The smallest absolute Gasteiger partial charge is 0.326 e. The Balaban J connectivity index is 2.27. The molecule has 21 heavy (non-hydrogen) atoms. The Kier molecular flexibility index (Phi) is 4.67. The molecule has 6 nitrogen and oxygen atoms in total. The van der Waals surface area contributed by atoms with Gasteiger partial charge in [-0.15, -0.1) is 0 Å². The number of aromatic hydroxyl groups is 1. The van der Waals surface area contributed by atoms with Crippen molar-refractivity contribution in [3.8, 4) is 11.5 Å². The zero-order valence-electron chi connectivity index (χ0n) is 11.9. The number of rotatable bonds is 3. The van der Waals surface area contributed by atoms with E-state index in [1.807, 2.05) is 0 Å². The Morgan fingerprint density at radius 2 is 2.05 bits per heavy atom. The van der Waals surface area contributed by atoms with Gasteiger partial charge in [-0.05, 0) is 31.0 Å². The number of ether oxygens (including phenoxy) is 1. The van der Waals surface area contributed by atoms with Crippen molar-refractivity contribution in [3.63, 3.8) is 0 Å². The van der Waals surface area contributed by atoms with Crippen molar-refractivity contribution in [1.29, 1.82) is 0 Å². The molecule has 1 fully saturated rings. The number of phenols is 1. The van der Waals surface area contributed by atoms with Crippen molar-refractivity contribution in [1.82, 2.24) is 4.90 Å². The van der Waals surface area contributed by atoms with Crippen LogP contribution in [-0.4, -0.2) is 46.7 Å². The fourth-order valence-electron chi connectivity index (χ4n) is 2.60. The second kappa shape index (κ2) is 6.47. The van der Waals surface area contributed by atoms with Gasteiger partial charge in [0.1, 0.15) is 6.04 Å². The molecule has 1 aliphatic heterocycles. The van der Waals surface area contributed by atoms with Crippen LogP contribution in [-0.2, 0) is 4.79 Å². The topological polar surface area (TPSA) is 87.1 Å². The van der Waals surface area contributed by atoms with E-state index in [1.54, 1.807) is 0 Å². The lowest BCUT2D eigenvalue weighted by Gasteiger charge is -2.27. The first-order valence-electron chi connectivity index (χ1n) is 6.95. The largest absolute Gasteiger partial charge is 0.504 e. The molecule has 2 N–H and O–H groups in total. The maximum atomic E-state index is 12.5. The van der Waals surface area contributed by atoms with Gasteiger partial charge in [0.2, 0.25) is 0 Å². The van der Waals surface area contributed by atoms with E-state index >= 15 is 0 Å². The number of aliphatic carboxylic acids is 1. The van der Waals surface area contributed by atoms with Gasteiger partial charge in [0.25, 0.3) is 5.91 Å². The Hall–Kier alpha value is -2.24. The van der Waals surface area contributed by atoms with E-state index in [4.69, 9.17) is 4.74 Å². The molecule has 0 radical (unpaired) electrons. The summed E-state index contributed by atoms with van der Waals surface area (Å²) in [5.41, 5.74) is 0.265. The molecule has 6 heteroatoms. The number of nitrogens with zero attached hydrogens (tertiary/aromatic N) is 1. The molecule has 1 saturated heterocycles. The highest BCUT2D eigenvalue weighted by molar-refractivity contribution is 5.97. The lowest BCUT2D eigenvalue weighted by Crippen LogP contribution is -2.44. The number of amides is 1. The summed E-state index contributed by atoms with van der Waals surface area (Å²) in [7, 11) is 1.42. The van der Waals surface area contributed by atoms with Crippen molar-refractivity contribution >= 4 is 11.9 Å². The number of benzene rings is 1. The number of hydrogen-bond donors (Lipinski definition) is 2. The minimum atomic E-state index is -0.983. The van der Waals surface area contributed by atoms with Crippen LogP contribution in [0.15, 0.2) is 18.2 Å². The Labute approximate surface area is 122 Å². The average molecular weight is 293 g/mol. The molecule has 0 spiro atoms. The van der Waals surface area contributed by atoms with Crippen LogP contribution in [0.1, 0.15) is 36.0 Å². The molecule has 0 saturated carbocycles. The molecule has 1 aliphatic rings. The van der Waals surface area contributed by atoms with Crippen molar-refractivity contribution in [2.45, 2.75) is 31.7 Å². The summed E-state index contributed by atoms with van der Waals surface area (Å²) in [4.78, 5) is 25.3. The van der Waals surface area contributed by atoms with E-state index in [1.165, 1.54) is 30.2 Å². The third-order valence-electron chi connectivity index (χ3n) is 3.72. The summed E-state index contributed by atoms with van der Waals surface area (Å²) in [5.74, 6) is -1.22. The zero-order valence-corrected chi connectivity index (χ0v) is 11.9. The molecule has 1 atom stereocenters. The Bertz CT molecular complexity index is 543. The summed E-state index contributed by atoms with van der Waals surface area (Å²) in [5, 5.41) is 19.1. The standard InChI is InChI=1S/C15H19NO5/c1-21-13-7-6-10(9-12(13)17)14(18)16-8-4-2-3-5-11(16)15(19)20/h6-7,9,11,17H,2-5,8H2,1H3,(H,19,20). The molecule has 0 aromatic heterocycles. The normalized spacial score (nSPS) is 18.9. The molecule has 0 bridgehead atoms. The maximum absolute atomic E-state index is 12.5. The minimum Gasteiger partial charge on any atom is -0.504 e. The molecule has 114 valence electrons. The highest BCUT2D eigenvalue weighted by Crippen LogP contribution is 2.28. The molecular weight excluding hydrogens is 274 g/mol. The van der Waals surface area contributed by atoms with Gasteiger partial charge in [0.05, 0.1) is 7.11 Å². The highest BCUT2D eigenvalue weighted by Gasteiger charge is 2.31. The van der Waals surface area contributed by atoms with Crippen LogP contribution in [0.4, 0.5) is 0 Å². The molecule has 1 amide bonds. The summed E-state index contributed by atoms with van der Waals surface area (Å²) >= 11 is 0. The van der Waals surface area contributed by atoms with E-state index in [9.17, 15) is 19.8 Å². The first-order valence-corrected chi connectivity index (χ1v) is 6.95. The van der Waals surface area contributed by atoms with Gasteiger partial charge >= 0.3 is 5.97 Å². The molecule has 1 aromatic carbocycles. The number of phenolic OH excluding ortho intramolecular Hbond substituents is 1. The SMILES string of the molecule is COc1ccc(C(=O)N2CCCCCC2C(=O)O)cc1O. The molecule has 1 unspecified atom stereocenters. The number of carbonyl (C=O) groups excluding carboxylic acids is 1. The lowest BCUT2D eigenvalue weighted by atomic mass is 10.1. The number of hydrogen-bond acceptors (Lipinski definition) is 4. The number of carbonyl (C=O) groups is 2. The van der Waals surface area contributed by atoms with Gasteiger partial charge in [-0.25, -0.2) is 4.79 Å². The summed E-state index contributed by atoms with van der Waals surface area (Å²) in [6, 6.07) is 3.54. The van der Waals surface area contributed by atoms with Crippen LogP contribution in [0.5, 0.6) is 11.5 Å². The average Bonchev–Trinajstić information content (AvgIpc) is 2.72. The van der Waals surface area contributed by atoms with Crippen LogP contribution in [0, 0.1) is 0 Å². The van der Waals surface area contributed by atoms with E-state index in [2.05, 4.69) is 0 Å². The van der Waals surface area contributed by atoms with Crippen LogP contribution < -0.4 is 4.74 Å². The van der Waals surface area contributed by atoms with Crippen molar-refractivity contribution in [2.24, 2.45) is 0 Å². The second-order valence-electron chi connectivity index (χ2n) is 5.09. The number of methoxy groups -OCH3 is 1. The molecule has 1 heterocycles. The minimum absolute atomic E-state index is 0.134. The summed E-state index contributed by atoms with van der Waals surface area (Å²) in [6.45, 7) is 0.419. The number of likely N-dealkylation sites (tertiary alicyclic amines) is 1. The van der Waals surface area contributed by atoms with Gasteiger partial charge in [0.15, 0.2) is 11.5 Å². The van der Waals surface area contributed by atoms with E-state index in [0.717, 1.165) is 19.3 Å². The third-order valence-corrected chi connectivity index (χ3v) is 3.72. The van der Waals surface area contributed by atoms with Gasteiger partial charge in [-0.2, -0.15) is 0 Å². The van der Waals surface area contributed by atoms with Crippen molar-refractivity contribution in [2.75, 3.05) is 13.7 Å². The highest BCUT2D eigenvalue weighted by atomic mass is 16.5. The Morgan fingerprint density at radius 3 is 2.67 bits per heavy atom. The zero-order chi connectivity index (χ0) is 15.4. The molecule has 0 aliphatic carbocycles. The quantitative estimate of drug-likeness (QED) is 0.888. The van der Waals surface area contributed by atoms with Gasteiger partial charge in [0, 0.05) is 12.1 Å². The molecular formula is C15H19NO5. The van der Waals surface area contributed by atoms with Crippen molar-refractivity contribution in [3.05, 3.63) is 23.8 Å². The first kappa shape index (κ1) is 15.2. The number of carboxylic acid groups (broad SMARTS) is 1. The summed E-state index contributed by atoms with van der Waals surface area (Å²) in [6.07, 6.45) is 2.97. The van der Waals surface area contributed by atoms with Crippen LogP contribution in [0.2, 0.25) is 0 Å². The second-order valence-corrected chi connectivity index (χ2v) is 5.09. The van der Waals surface area contributed by atoms with E-state index in [0.29, 0.717) is 13.0 Å². The van der Waals surface area contributed by atoms with Crippen LogP contribution >= 0.6 is 0 Å². The van der Waals surface area contributed by atoms with Crippen LogP contribution in [0.25, 0.3) is 0 Å². The lowest BCUT2D eigenvalue weighted by molar-refractivity contribution is -0.142. The van der Waals surface area contributed by atoms with Gasteiger partial charge in [-0.1, -0.05) is 12.8 Å². The Morgan fingerprint density at radius 1 is 1.29 bits per heavy atom.